The van der Waals surface area contributed by atoms with Crippen LogP contribution in [0, 0.1) is 6.92 Å². The zero-order valence-electron chi connectivity index (χ0n) is 17.2. The molecule has 8 heteroatoms. The molecule has 5 aromatic rings. The van der Waals surface area contributed by atoms with Crippen LogP contribution in [0.25, 0.3) is 33.2 Å². The van der Waals surface area contributed by atoms with E-state index in [0.29, 0.717) is 46.7 Å². The van der Waals surface area contributed by atoms with Crippen LogP contribution in [0.3, 0.4) is 0 Å². The Morgan fingerprint density at radius 2 is 1.68 bits per heavy atom. The van der Waals surface area contributed by atoms with Gasteiger partial charge in [0.15, 0.2) is 11.3 Å². The topological polar surface area (TPSA) is 87.2 Å². The summed E-state index contributed by atoms with van der Waals surface area (Å²) in [6.07, 6.45) is 1.73. The zero-order chi connectivity index (χ0) is 21.4. The van der Waals surface area contributed by atoms with Gasteiger partial charge in [-0.2, -0.15) is 9.78 Å². The summed E-state index contributed by atoms with van der Waals surface area (Å²) >= 11 is 0. The molecule has 0 bridgehead atoms. The van der Waals surface area contributed by atoms with Crippen LogP contribution in [-0.4, -0.2) is 44.1 Å². The molecule has 0 amide bonds. The third-order valence-corrected chi connectivity index (χ3v) is 5.17. The van der Waals surface area contributed by atoms with E-state index in [1.807, 2.05) is 54.6 Å². The molecule has 3 aromatic heterocycles. The Morgan fingerprint density at radius 3 is 2.42 bits per heavy atom. The number of methoxy groups -OCH3 is 1. The normalized spacial score (nSPS) is 11.9. The van der Waals surface area contributed by atoms with Crippen molar-refractivity contribution in [2.75, 3.05) is 13.7 Å². The maximum absolute atomic E-state index is 13.4. The molecule has 0 spiro atoms. The molecule has 2 aromatic carbocycles. The second kappa shape index (κ2) is 7.73. The molecule has 0 radical (unpaired) electrons. The van der Waals surface area contributed by atoms with Crippen molar-refractivity contribution in [1.29, 1.82) is 0 Å². The van der Waals surface area contributed by atoms with Crippen molar-refractivity contribution in [3.05, 3.63) is 76.3 Å². The minimum absolute atomic E-state index is 0.178. The van der Waals surface area contributed by atoms with Gasteiger partial charge in [0.25, 0.3) is 5.56 Å². The maximum atomic E-state index is 13.4. The zero-order valence-corrected chi connectivity index (χ0v) is 17.2. The predicted molar refractivity (Wildman–Crippen MR) is 121 cm³/mol. The second-order valence-corrected chi connectivity index (χ2v) is 7.16. The monoisotopic (exact) mass is 412 g/mol. The molecule has 0 fully saturated rings. The van der Waals surface area contributed by atoms with Gasteiger partial charge in [-0.25, -0.2) is 15.0 Å². The van der Waals surface area contributed by atoms with Crippen LogP contribution in [0.5, 0.6) is 0 Å². The van der Waals surface area contributed by atoms with E-state index >= 15 is 0 Å². The summed E-state index contributed by atoms with van der Waals surface area (Å²) in [7, 11) is 1.61. The molecule has 0 aliphatic carbocycles. The Labute approximate surface area is 177 Å². The van der Waals surface area contributed by atoms with Crippen molar-refractivity contribution < 1.29 is 4.74 Å². The van der Waals surface area contributed by atoms with Crippen molar-refractivity contribution in [3.8, 4) is 0 Å². The van der Waals surface area contributed by atoms with Gasteiger partial charge in [-0.3, -0.25) is 9.36 Å². The van der Waals surface area contributed by atoms with Crippen LogP contribution in [0.1, 0.15) is 11.4 Å². The van der Waals surface area contributed by atoms with E-state index in [-0.39, 0.29) is 5.56 Å². The van der Waals surface area contributed by atoms with Crippen LogP contribution >= 0.6 is 0 Å². The minimum atomic E-state index is -0.178. The van der Waals surface area contributed by atoms with E-state index in [1.54, 1.807) is 29.5 Å². The quantitative estimate of drug-likeness (QED) is 0.414. The molecule has 3 heterocycles. The fourth-order valence-electron chi connectivity index (χ4n) is 3.63. The molecule has 31 heavy (non-hydrogen) atoms. The number of hydrogen-bond donors (Lipinski definition) is 0. The predicted octanol–water partition coefficient (Wildman–Crippen LogP) is 3.13. The van der Waals surface area contributed by atoms with E-state index in [1.165, 1.54) is 0 Å². The van der Waals surface area contributed by atoms with Gasteiger partial charge in [-0.15, -0.1) is 0 Å². The summed E-state index contributed by atoms with van der Waals surface area (Å²) in [5, 5.41) is 5.03. The standard InChI is InChI=1S/C23H20N6O2/c1-15-25-21-19(23(30)28(15)12-13-31-2)20-22(27-18-11-7-6-10-17(18)26-20)29(21)24-14-16-8-4-3-5-9-16/h3-11,14H,12-13H2,1-2H3. The Kier molecular flexibility index (Phi) is 4.76. The van der Waals surface area contributed by atoms with Gasteiger partial charge in [-0.1, -0.05) is 42.5 Å². The Morgan fingerprint density at radius 1 is 0.968 bits per heavy atom. The summed E-state index contributed by atoms with van der Waals surface area (Å²) < 4.78 is 8.37. The van der Waals surface area contributed by atoms with Crippen LogP contribution in [-0.2, 0) is 11.3 Å². The molecule has 8 nitrogen and oxygen atoms in total. The number of hydrogen-bond acceptors (Lipinski definition) is 6. The second-order valence-electron chi connectivity index (χ2n) is 7.16. The van der Waals surface area contributed by atoms with E-state index in [0.717, 1.165) is 11.1 Å². The van der Waals surface area contributed by atoms with E-state index in [4.69, 9.17) is 19.7 Å². The van der Waals surface area contributed by atoms with E-state index in [2.05, 4.69) is 5.10 Å². The highest BCUT2D eigenvalue weighted by molar-refractivity contribution is 6.04. The Balaban J connectivity index is 1.85. The average Bonchev–Trinajstić information content (AvgIpc) is 3.08. The van der Waals surface area contributed by atoms with Gasteiger partial charge in [0.2, 0.25) is 0 Å². The highest BCUT2D eigenvalue weighted by Crippen LogP contribution is 2.25. The number of aryl methyl sites for hydroxylation is 1. The lowest BCUT2D eigenvalue weighted by molar-refractivity contribution is 0.185. The van der Waals surface area contributed by atoms with Gasteiger partial charge >= 0.3 is 0 Å². The first-order chi connectivity index (χ1) is 15.2. The van der Waals surface area contributed by atoms with Gasteiger partial charge in [-0.05, 0) is 24.6 Å². The maximum Gasteiger partial charge on any atom is 0.265 e. The minimum Gasteiger partial charge on any atom is -0.383 e. The largest absolute Gasteiger partial charge is 0.383 e. The average molecular weight is 412 g/mol. The molecule has 0 saturated heterocycles. The third-order valence-electron chi connectivity index (χ3n) is 5.17. The number of rotatable bonds is 5. The molecular formula is C23H20N6O2. The lowest BCUT2D eigenvalue weighted by Crippen LogP contribution is -2.25. The number of ether oxygens (including phenoxy) is 1. The Hall–Kier alpha value is -3.91. The van der Waals surface area contributed by atoms with Crippen molar-refractivity contribution >= 4 is 39.4 Å². The summed E-state index contributed by atoms with van der Waals surface area (Å²) in [6.45, 7) is 2.62. The van der Waals surface area contributed by atoms with Gasteiger partial charge in [0.1, 0.15) is 16.7 Å². The number of para-hydroxylation sites is 2. The molecular weight excluding hydrogens is 392 g/mol. The van der Waals surface area contributed by atoms with Crippen LogP contribution < -0.4 is 5.56 Å². The third kappa shape index (κ3) is 3.27. The molecule has 0 saturated carbocycles. The fraction of sp³-hybridized carbons (Fsp3) is 0.174. The summed E-state index contributed by atoms with van der Waals surface area (Å²) in [5.74, 6) is 0.582. The molecule has 0 unspecified atom stereocenters. The first kappa shape index (κ1) is 19.1. The smallest absolute Gasteiger partial charge is 0.265 e. The summed E-state index contributed by atoms with van der Waals surface area (Å²) in [4.78, 5) is 27.6. The highest BCUT2D eigenvalue weighted by Gasteiger charge is 2.21. The number of fused-ring (bicyclic) bond motifs is 4. The van der Waals surface area contributed by atoms with Crippen molar-refractivity contribution in [2.24, 2.45) is 5.10 Å². The SMILES string of the molecule is COCCn1c(C)nc2c(c1=O)c1nc3ccccc3nc1n2N=Cc1ccccc1. The molecule has 0 aliphatic rings. The van der Waals surface area contributed by atoms with Crippen LogP contribution in [0.15, 0.2) is 64.5 Å². The lowest BCUT2D eigenvalue weighted by Gasteiger charge is -2.08. The first-order valence-corrected chi connectivity index (χ1v) is 9.94. The Bertz CT molecular complexity index is 1500. The van der Waals surface area contributed by atoms with Gasteiger partial charge in [0.05, 0.1) is 30.4 Å². The van der Waals surface area contributed by atoms with Gasteiger partial charge < -0.3 is 4.74 Å². The number of benzene rings is 2. The van der Waals surface area contributed by atoms with Crippen molar-refractivity contribution in [3.63, 3.8) is 0 Å². The molecule has 0 aliphatic heterocycles. The van der Waals surface area contributed by atoms with Crippen molar-refractivity contribution in [2.45, 2.75) is 13.5 Å². The summed E-state index contributed by atoms with van der Waals surface area (Å²) in [6, 6.07) is 17.3. The van der Waals surface area contributed by atoms with Crippen LogP contribution in [0.2, 0.25) is 0 Å². The highest BCUT2D eigenvalue weighted by atomic mass is 16.5. The molecule has 5 rings (SSSR count). The first-order valence-electron chi connectivity index (χ1n) is 9.94. The van der Waals surface area contributed by atoms with Crippen LogP contribution in [0.4, 0.5) is 0 Å². The summed E-state index contributed by atoms with van der Waals surface area (Å²) in [5.41, 5.74) is 3.61. The van der Waals surface area contributed by atoms with Gasteiger partial charge in [0, 0.05) is 7.11 Å². The fourth-order valence-corrected chi connectivity index (χ4v) is 3.63. The van der Waals surface area contributed by atoms with E-state index < -0.39 is 0 Å². The van der Waals surface area contributed by atoms with E-state index in [9.17, 15) is 4.79 Å². The number of nitrogens with zero attached hydrogens (tertiary/aromatic N) is 6. The lowest BCUT2D eigenvalue weighted by atomic mass is 10.2. The molecule has 154 valence electrons. The van der Waals surface area contributed by atoms with Crippen molar-refractivity contribution in [1.82, 2.24) is 24.2 Å². The molecule has 0 N–H and O–H groups in total. The molecule has 0 atom stereocenters. The number of aromatic nitrogens is 5.